The van der Waals surface area contributed by atoms with Crippen LogP contribution in [0, 0.1) is 5.41 Å². The van der Waals surface area contributed by atoms with Gasteiger partial charge in [-0.25, -0.2) is 4.98 Å². The van der Waals surface area contributed by atoms with E-state index in [4.69, 9.17) is 4.74 Å². The average molecular weight is 477 g/mol. The third-order valence-corrected chi connectivity index (χ3v) is 5.35. The van der Waals surface area contributed by atoms with Gasteiger partial charge in [0.05, 0.1) is 19.5 Å². The van der Waals surface area contributed by atoms with Crippen LogP contribution in [0.5, 0.6) is 0 Å². The maximum Gasteiger partial charge on any atom is 0.250 e. The van der Waals surface area contributed by atoms with E-state index >= 15 is 0 Å². The number of aromatic nitrogens is 2. The molecule has 0 saturated carbocycles. The number of hydrogen-bond donors (Lipinski definition) is 2. The summed E-state index contributed by atoms with van der Waals surface area (Å²) in [7, 11) is 0. The summed E-state index contributed by atoms with van der Waals surface area (Å²) in [5.74, 6) is -0.515. The molecule has 3 aromatic rings. The monoisotopic (exact) mass is 476 g/mol. The van der Waals surface area contributed by atoms with Gasteiger partial charge in [0.1, 0.15) is 12.1 Å². The van der Waals surface area contributed by atoms with Crippen molar-refractivity contribution in [2.45, 2.75) is 46.4 Å². The summed E-state index contributed by atoms with van der Waals surface area (Å²) in [6.45, 7) is 7.13. The molecule has 3 rings (SSSR count). The third-order valence-electron chi connectivity index (χ3n) is 5.35. The number of amides is 2. The van der Waals surface area contributed by atoms with Gasteiger partial charge in [0, 0.05) is 11.6 Å². The van der Waals surface area contributed by atoms with Crippen LogP contribution in [-0.4, -0.2) is 39.8 Å². The van der Waals surface area contributed by atoms with Crippen molar-refractivity contribution in [1.82, 2.24) is 14.9 Å². The fourth-order valence-electron chi connectivity index (χ4n) is 3.43. The zero-order valence-corrected chi connectivity index (χ0v) is 20.5. The number of nitrogens with one attached hydrogen (secondary N) is 2. The molecule has 0 bridgehead atoms. The summed E-state index contributed by atoms with van der Waals surface area (Å²) in [4.78, 5) is 42.2. The number of imidazole rings is 1. The predicted molar refractivity (Wildman–Crippen MR) is 134 cm³/mol. The molecule has 1 heterocycles. The van der Waals surface area contributed by atoms with Gasteiger partial charge in [-0.2, -0.15) is 0 Å². The highest BCUT2D eigenvalue weighted by Gasteiger charge is 2.28. The zero-order valence-electron chi connectivity index (χ0n) is 20.5. The molecule has 2 unspecified atom stereocenters. The SMILES string of the molecule is CC(=O)C(c1ccccc1)n1cnc(NC(=O)C(COCc2ccccc2)NC(=O)C(C)(C)C)c1. The van der Waals surface area contributed by atoms with Crippen molar-refractivity contribution in [1.29, 1.82) is 0 Å². The lowest BCUT2D eigenvalue weighted by molar-refractivity contribution is -0.133. The third kappa shape index (κ3) is 7.35. The Morgan fingerprint density at radius 2 is 1.63 bits per heavy atom. The fourth-order valence-corrected chi connectivity index (χ4v) is 3.43. The van der Waals surface area contributed by atoms with Crippen molar-refractivity contribution in [3.05, 3.63) is 84.3 Å². The number of ether oxygens (including phenoxy) is 1. The molecular formula is C27H32N4O4. The number of carbonyl (C=O) groups excluding carboxylic acids is 3. The van der Waals surface area contributed by atoms with Crippen molar-refractivity contribution in [3.8, 4) is 0 Å². The first-order chi connectivity index (χ1) is 16.6. The molecule has 0 aliphatic heterocycles. The van der Waals surface area contributed by atoms with E-state index in [2.05, 4.69) is 15.6 Å². The van der Waals surface area contributed by atoms with Crippen LogP contribution in [0.3, 0.4) is 0 Å². The first-order valence-corrected chi connectivity index (χ1v) is 11.5. The highest BCUT2D eigenvalue weighted by Crippen LogP contribution is 2.21. The van der Waals surface area contributed by atoms with E-state index in [1.165, 1.54) is 13.3 Å². The molecule has 0 aliphatic carbocycles. The predicted octanol–water partition coefficient (Wildman–Crippen LogP) is 3.75. The van der Waals surface area contributed by atoms with E-state index in [0.29, 0.717) is 6.61 Å². The minimum atomic E-state index is -0.923. The van der Waals surface area contributed by atoms with Gasteiger partial charge in [-0.15, -0.1) is 0 Å². The number of carbonyl (C=O) groups is 3. The van der Waals surface area contributed by atoms with Gasteiger partial charge in [0.25, 0.3) is 5.91 Å². The van der Waals surface area contributed by atoms with Crippen LogP contribution >= 0.6 is 0 Å². The Kier molecular flexibility index (Phi) is 8.54. The first-order valence-electron chi connectivity index (χ1n) is 11.5. The van der Waals surface area contributed by atoms with Crippen molar-refractivity contribution in [2.75, 3.05) is 11.9 Å². The second-order valence-corrected chi connectivity index (χ2v) is 9.40. The van der Waals surface area contributed by atoms with Crippen molar-refractivity contribution >= 4 is 23.4 Å². The Morgan fingerprint density at radius 3 is 2.23 bits per heavy atom. The van der Waals surface area contributed by atoms with Gasteiger partial charge in [-0.3, -0.25) is 14.4 Å². The molecule has 184 valence electrons. The van der Waals surface area contributed by atoms with Gasteiger partial charge < -0.3 is 19.9 Å². The van der Waals surface area contributed by atoms with Crippen LogP contribution in [0.4, 0.5) is 5.82 Å². The Morgan fingerprint density at radius 1 is 1.00 bits per heavy atom. The van der Waals surface area contributed by atoms with Crippen LogP contribution in [0.1, 0.15) is 44.9 Å². The van der Waals surface area contributed by atoms with Gasteiger partial charge in [0.15, 0.2) is 11.6 Å². The summed E-state index contributed by atoms with van der Waals surface area (Å²) >= 11 is 0. The maximum atomic E-state index is 13.1. The first kappa shape index (κ1) is 25.8. The lowest BCUT2D eigenvalue weighted by Crippen LogP contribution is -2.50. The van der Waals surface area contributed by atoms with Crippen LogP contribution in [0.2, 0.25) is 0 Å². The molecule has 0 fully saturated rings. The largest absolute Gasteiger partial charge is 0.374 e. The summed E-state index contributed by atoms with van der Waals surface area (Å²) in [5.41, 5.74) is 1.10. The van der Waals surface area contributed by atoms with Crippen LogP contribution in [-0.2, 0) is 25.7 Å². The molecule has 35 heavy (non-hydrogen) atoms. The van der Waals surface area contributed by atoms with Crippen molar-refractivity contribution < 1.29 is 19.1 Å². The van der Waals surface area contributed by atoms with Gasteiger partial charge in [0.2, 0.25) is 5.91 Å². The summed E-state index contributed by atoms with van der Waals surface area (Å²) in [6.07, 6.45) is 3.10. The lowest BCUT2D eigenvalue weighted by atomic mass is 9.95. The Bertz CT molecular complexity index is 1140. The van der Waals surface area contributed by atoms with Crippen LogP contribution < -0.4 is 10.6 Å². The summed E-state index contributed by atoms with van der Waals surface area (Å²) in [5, 5.41) is 5.51. The van der Waals surface area contributed by atoms with Crippen LogP contribution in [0.15, 0.2) is 73.2 Å². The number of Topliss-reactive ketones (excluding diaryl/α,β-unsaturated/α-hetero) is 1. The number of rotatable bonds is 10. The highest BCUT2D eigenvalue weighted by molar-refractivity contribution is 5.97. The van der Waals surface area contributed by atoms with Gasteiger partial charge >= 0.3 is 0 Å². The van der Waals surface area contributed by atoms with E-state index in [0.717, 1.165) is 11.1 Å². The second-order valence-electron chi connectivity index (χ2n) is 9.40. The molecule has 8 nitrogen and oxygen atoms in total. The lowest BCUT2D eigenvalue weighted by Gasteiger charge is -2.23. The molecule has 8 heteroatoms. The standard InChI is InChI=1S/C27H32N4O4/c1-19(32)24(21-13-9-6-10-14-21)31-15-23(28-18-31)30-25(33)22(29-26(34)27(2,3)4)17-35-16-20-11-7-5-8-12-20/h5-15,18,22,24H,16-17H2,1-4H3,(H,29,34)(H,30,33). The molecule has 2 N–H and O–H groups in total. The Labute approximate surface area is 205 Å². The molecule has 2 amide bonds. The fraction of sp³-hybridized carbons (Fsp3) is 0.333. The number of hydrogen-bond acceptors (Lipinski definition) is 5. The minimum absolute atomic E-state index is 0.0106. The molecule has 1 aromatic heterocycles. The van der Waals surface area contributed by atoms with E-state index < -0.39 is 23.4 Å². The number of ketones is 1. The smallest absolute Gasteiger partial charge is 0.250 e. The molecule has 0 aliphatic rings. The number of benzene rings is 2. The molecule has 2 atom stereocenters. The number of anilines is 1. The molecule has 0 radical (unpaired) electrons. The zero-order chi connectivity index (χ0) is 25.4. The topological polar surface area (TPSA) is 102 Å². The minimum Gasteiger partial charge on any atom is -0.374 e. The van der Waals surface area contributed by atoms with E-state index in [9.17, 15) is 14.4 Å². The van der Waals surface area contributed by atoms with Crippen molar-refractivity contribution in [3.63, 3.8) is 0 Å². The van der Waals surface area contributed by atoms with Crippen molar-refractivity contribution in [2.24, 2.45) is 5.41 Å². The number of nitrogens with zero attached hydrogens (tertiary/aromatic N) is 2. The van der Waals surface area contributed by atoms with Crippen LogP contribution in [0.25, 0.3) is 0 Å². The molecule has 0 saturated heterocycles. The van der Waals surface area contributed by atoms with Gasteiger partial charge in [-0.05, 0) is 18.1 Å². The highest BCUT2D eigenvalue weighted by atomic mass is 16.5. The average Bonchev–Trinajstić information content (AvgIpc) is 3.26. The maximum absolute atomic E-state index is 13.1. The normalized spacial score (nSPS) is 13.0. The van der Waals surface area contributed by atoms with E-state index in [1.807, 2.05) is 60.7 Å². The molecule has 0 spiro atoms. The second kappa shape index (κ2) is 11.6. The summed E-state index contributed by atoms with van der Waals surface area (Å²) in [6, 6.07) is 17.4. The quantitative estimate of drug-likeness (QED) is 0.464. The Balaban J connectivity index is 1.71. The summed E-state index contributed by atoms with van der Waals surface area (Å²) < 4.78 is 7.40. The molecule has 2 aromatic carbocycles. The van der Waals surface area contributed by atoms with Gasteiger partial charge in [-0.1, -0.05) is 81.4 Å². The molecular weight excluding hydrogens is 444 g/mol. The van der Waals surface area contributed by atoms with E-state index in [1.54, 1.807) is 31.5 Å². The Hall–Kier alpha value is -3.78. The van der Waals surface area contributed by atoms with E-state index in [-0.39, 0.29) is 24.1 Å².